The smallest absolute Gasteiger partial charge is 0.227 e. The van der Waals surface area contributed by atoms with Gasteiger partial charge in [-0.3, -0.25) is 9.47 Å². The third-order valence-electron chi connectivity index (χ3n) is 4.99. The molecule has 0 atom stereocenters. The summed E-state index contributed by atoms with van der Waals surface area (Å²) in [7, 11) is 0. The molecule has 2 aromatic heterocycles. The van der Waals surface area contributed by atoms with Crippen molar-refractivity contribution in [1.29, 1.82) is 0 Å². The molecular weight excluding hydrogens is 330 g/mol. The van der Waals surface area contributed by atoms with Crippen molar-refractivity contribution in [3.8, 4) is 10.7 Å². The van der Waals surface area contributed by atoms with E-state index in [1.165, 1.54) is 22.6 Å². The maximum absolute atomic E-state index is 4.58. The predicted octanol–water partition coefficient (Wildman–Crippen LogP) is 4.03. The minimum Gasteiger partial charge on any atom is -0.341 e. The molecule has 1 aliphatic rings. The van der Waals surface area contributed by atoms with Gasteiger partial charge in [0, 0.05) is 43.1 Å². The van der Waals surface area contributed by atoms with E-state index in [2.05, 4.69) is 71.3 Å². The summed E-state index contributed by atoms with van der Waals surface area (Å²) < 4.78 is 2.34. The molecule has 25 heavy (non-hydrogen) atoms. The molecule has 3 rings (SSSR count). The first kappa shape index (κ1) is 18.4. The van der Waals surface area contributed by atoms with E-state index in [1.807, 2.05) is 0 Å². The topological polar surface area (TPSA) is 37.2 Å². The van der Waals surface area contributed by atoms with Crippen molar-refractivity contribution in [3.05, 3.63) is 17.0 Å². The van der Waals surface area contributed by atoms with Gasteiger partial charge in [-0.25, -0.2) is 0 Å². The molecule has 6 heteroatoms. The fraction of sp³-hybridized carbons (Fsp3) is 0.684. The molecule has 1 aliphatic heterocycles. The van der Waals surface area contributed by atoms with E-state index in [-0.39, 0.29) is 0 Å². The van der Waals surface area contributed by atoms with Crippen LogP contribution in [0.1, 0.15) is 45.4 Å². The van der Waals surface area contributed by atoms with Gasteiger partial charge in [-0.2, -0.15) is 0 Å². The summed E-state index contributed by atoms with van der Waals surface area (Å²) in [4.78, 5) is 7.47. The first-order chi connectivity index (χ1) is 12.0. The fourth-order valence-electron chi connectivity index (χ4n) is 3.72. The van der Waals surface area contributed by atoms with Gasteiger partial charge >= 0.3 is 0 Å². The Bertz CT molecular complexity index is 674. The summed E-state index contributed by atoms with van der Waals surface area (Å²) in [6.45, 7) is 15.4. The van der Waals surface area contributed by atoms with Crippen molar-refractivity contribution in [2.24, 2.45) is 0 Å². The molecule has 0 unspecified atom stereocenters. The lowest BCUT2D eigenvalue weighted by Gasteiger charge is -2.31. The number of aromatic nitrogens is 3. The molecule has 0 aromatic carbocycles. The first-order valence-electron chi connectivity index (χ1n) is 9.48. The lowest BCUT2D eigenvalue weighted by molar-refractivity contribution is 0.168. The second-order valence-electron chi connectivity index (χ2n) is 7.51. The van der Waals surface area contributed by atoms with Gasteiger partial charge in [0.05, 0.1) is 4.88 Å². The number of anilines is 1. The van der Waals surface area contributed by atoms with Crippen molar-refractivity contribution in [2.45, 2.75) is 66.1 Å². The van der Waals surface area contributed by atoms with E-state index in [4.69, 9.17) is 0 Å². The van der Waals surface area contributed by atoms with E-state index in [1.54, 1.807) is 11.3 Å². The molecule has 1 saturated heterocycles. The van der Waals surface area contributed by atoms with Crippen LogP contribution in [0.25, 0.3) is 10.7 Å². The molecular formula is C19H31N5S. The van der Waals surface area contributed by atoms with Crippen LogP contribution < -0.4 is 4.90 Å². The van der Waals surface area contributed by atoms with Crippen molar-refractivity contribution in [1.82, 2.24) is 19.7 Å². The minimum absolute atomic E-state index is 0.541. The van der Waals surface area contributed by atoms with Crippen LogP contribution >= 0.6 is 11.3 Å². The van der Waals surface area contributed by atoms with Crippen LogP contribution in [-0.2, 0) is 6.54 Å². The highest BCUT2D eigenvalue weighted by Gasteiger charge is 2.23. The van der Waals surface area contributed by atoms with Crippen LogP contribution in [0.4, 0.5) is 5.95 Å². The first-order valence-corrected chi connectivity index (χ1v) is 10.3. The zero-order valence-electron chi connectivity index (χ0n) is 16.2. The molecule has 3 heterocycles. The molecule has 0 radical (unpaired) electrons. The van der Waals surface area contributed by atoms with Crippen molar-refractivity contribution in [2.75, 3.05) is 24.5 Å². The molecule has 0 bridgehead atoms. The number of hydrogen-bond donors (Lipinski definition) is 0. The lowest BCUT2D eigenvalue weighted by Crippen LogP contribution is -2.39. The van der Waals surface area contributed by atoms with Crippen molar-refractivity contribution < 1.29 is 0 Å². The molecule has 5 nitrogen and oxygen atoms in total. The number of hydrogen-bond acceptors (Lipinski definition) is 5. The van der Waals surface area contributed by atoms with E-state index in [9.17, 15) is 0 Å². The van der Waals surface area contributed by atoms with Gasteiger partial charge in [-0.1, -0.05) is 0 Å². The van der Waals surface area contributed by atoms with Gasteiger partial charge in [0.15, 0.2) is 5.82 Å². The molecule has 0 amide bonds. The molecule has 0 saturated carbocycles. The van der Waals surface area contributed by atoms with Crippen LogP contribution in [0.15, 0.2) is 12.1 Å². The lowest BCUT2D eigenvalue weighted by atomic mass is 10.2. The van der Waals surface area contributed by atoms with Crippen molar-refractivity contribution in [3.63, 3.8) is 0 Å². The number of rotatable bonds is 7. The molecule has 0 spiro atoms. The zero-order chi connectivity index (χ0) is 18.0. The summed E-state index contributed by atoms with van der Waals surface area (Å²) in [6.07, 6.45) is 2.51. The zero-order valence-corrected chi connectivity index (χ0v) is 17.0. The monoisotopic (exact) mass is 361 g/mol. The van der Waals surface area contributed by atoms with Gasteiger partial charge in [0.2, 0.25) is 5.95 Å². The maximum atomic E-state index is 4.58. The highest BCUT2D eigenvalue weighted by atomic mass is 32.1. The summed E-state index contributed by atoms with van der Waals surface area (Å²) in [5.41, 5.74) is 0. The second-order valence-corrected chi connectivity index (χ2v) is 8.79. The Labute approximate surface area is 155 Å². The minimum atomic E-state index is 0.541. The van der Waals surface area contributed by atoms with Gasteiger partial charge in [-0.05, 0) is 59.6 Å². The Morgan fingerprint density at radius 3 is 2.32 bits per heavy atom. The third kappa shape index (κ3) is 4.06. The van der Waals surface area contributed by atoms with Crippen LogP contribution in [0.3, 0.4) is 0 Å². The highest BCUT2D eigenvalue weighted by molar-refractivity contribution is 7.15. The average molecular weight is 362 g/mol. The van der Waals surface area contributed by atoms with E-state index >= 15 is 0 Å². The largest absolute Gasteiger partial charge is 0.341 e. The van der Waals surface area contributed by atoms with Crippen LogP contribution in [0.5, 0.6) is 0 Å². The molecule has 2 aromatic rings. The standard InChI is InChI=1S/C19H31N5S/c1-14(2)23(15(3)4)12-13-24-18(17-9-8-16(5)25-17)20-21-19(24)22-10-6-7-11-22/h8-9,14-15H,6-7,10-13H2,1-5H3. The molecule has 138 valence electrons. The van der Waals surface area contributed by atoms with E-state index in [0.29, 0.717) is 12.1 Å². The van der Waals surface area contributed by atoms with E-state index < -0.39 is 0 Å². The summed E-state index contributed by atoms with van der Waals surface area (Å²) in [5.74, 6) is 2.07. The number of nitrogens with zero attached hydrogens (tertiary/aromatic N) is 5. The average Bonchev–Trinajstić information content (AvgIpc) is 3.25. The SMILES string of the molecule is Cc1ccc(-c2nnc(N3CCCC3)n2CCN(C(C)C)C(C)C)s1. The van der Waals surface area contributed by atoms with Gasteiger partial charge in [0.25, 0.3) is 0 Å². The summed E-state index contributed by atoms with van der Waals surface area (Å²) in [6, 6.07) is 5.43. The predicted molar refractivity (Wildman–Crippen MR) is 106 cm³/mol. The van der Waals surface area contributed by atoms with Crippen LogP contribution in [0.2, 0.25) is 0 Å². The number of aryl methyl sites for hydroxylation is 1. The molecule has 1 fully saturated rings. The summed E-state index contributed by atoms with van der Waals surface area (Å²) in [5, 5.41) is 9.15. The quantitative estimate of drug-likeness (QED) is 0.746. The third-order valence-corrected chi connectivity index (χ3v) is 5.99. The highest BCUT2D eigenvalue weighted by Crippen LogP contribution is 2.30. The molecule has 0 N–H and O–H groups in total. The Kier molecular flexibility index (Phi) is 5.79. The van der Waals surface area contributed by atoms with Gasteiger partial charge in [0.1, 0.15) is 0 Å². The van der Waals surface area contributed by atoms with Crippen molar-refractivity contribution >= 4 is 17.3 Å². The second kappa shape index (κ2) is 7.87. The molecule has 0 aliphatic carbocycles. The van der Waals surface area contributed by atoms with Crippen LogP contribution in [0, 0.1) is 6.92 Å². The fourth-order valence-corrected chi connectivity index (χ4v) is 4.58. The number of thiophene rings is 1. The van der Waals surface area contributed by atoms with Gasteiger partial charge < -0.3 is 4.90 Å². The Hall–Kier alpha value is -1.40. The Balaban J connectivity index is 1.89. The van der Waals surface area contributed by atoms with Gasteiger partial charge in [-0.15, -0.1) is 21.5 Å². The maximum Gasteiger partial charge on any atom is 0.227 e. The Morgan fingerprint density at radius 2 is 1.76 bits per heavy atom. The Morgan fingerprint density at radius 1 is 1.08 bits per heavy atom. The summed E-state index contributed by atoms with van der Waals surface area (Å²) >= 11 is 1.80. The van der Waals surface area contributed by atoms with Crippen LogP contribution in [-0.4, -0.2) is 51.4 Å². The normalized spacial score (nSPS) is 15.3. The van der Waals surface area contributed by atoms with E-state index in [0.717, 1.165) is 38.0 Å².